The number of carboxylic acid groups (broad SMARTS) is 1. The van der Waals surface area contributed by atoms with Crippen molar-refractivity contribution in [3.05, 3.63) is 45.8 Å². The summed E-state index contributed by atoms with van der Waals surface area (Å²) in [5.74, 6) is -1.96. The Morgan fingerprint density at radius 1 is 1.38 bits per heavy atom. The SMILES string of the molecule is COc1nc(Cl)cc(Nc2ccc(F)c(Cl)c2)c1C(=O)O. The van der Waals surface area contributed by atoms with Crippen LogP contribution in [0.5, 0.6) is 5.88 Å². The van der Waals surface area contributed by atoms with E-state index in [1.54, 1.807) is 0 Å². The quantitative estimate of drug-likeness (QED) is 0.829. The molecule has 5 nitrogen and oxygen atoms in total. The lowest BCUT2D eigenvalue weighted by molar-refractivity contribution is 0.0693. The number of nitrogens with zero attached hydrogens (tertiary/aromatic N) is 1. The third-order valence-corrected chi connectivity index (χ3v) is 3.04. The number of anilines is 2. The number of hydrogen-bond acceptors (Lipinski definition) is 4. The number of ether oxygens (including phenoxy) is 1. The average Bonchev–Trinajstić information content (AvgIpc) is 2.41. The van der Waals surface area contributed by atoms with Crippen molar-refractivity contribution in [3.63, 3.8) is 0 Å². The minimum atomic E-state index is -1.24. The lowest BCUT2D eigenvalue weighted by Crippen LogP contribution is -2.07. The molecule has 110 valence electrons. The molecular formula is C13H9Cl2FN2O3. The first kappa shape index (κ1) is 15.3. The number of aromatic carboxylic acids is 1. The fourth-order valence-electron chi connectivity index (χ4n) is 1.67. The molecule has 0 unspecified atom stereocenters. The highest BCUT2D eigenvalue weighted by Crippen LogP contribution is 2.31. The van der Waals surface area contributed by atoms with Crippen LogP contribution in [0.15, 0.2) is 24.3 Å². The molecular weight excluding hydrogens is 322 g/mol. The second-order valence-corrected chi connectivity index (χ2v) is 4.73. The largest absolute Gasteiger partial charge is 0.480 e. The molecule has 0 saturated carbocycles. The van der Waals surface area contributed by atoms with Crippen molar-refractivity contribution in [2.24, 2.45) is 0 Å². The zero-order chi connectivity index (χ0) is 15.6. The van der Waals surface area contributed by atoms with E-state index in [2.05, 4.69) is 10.3 Å². The van der Waals surface area contributed by atoms with Crippen LogP contribution in [0.3, 0.4) is 0 Å². The van der Waals surface area contributed by atoms with Crippen LogP contribution >= 0.6 is 23.2 Å². The maximum absolute atomic E-state index is 13.1. The van der Waals surface area contributed by atoms with E-state index in [1.165, 1.54) is 25.3 Å². The van der Waals surface area contributed by atoms with Crippen LogP contribution in [0.4, 0.5) is 15.8 Å². The Morgan fingerprint density at radius 2 is 2.10 bits per heavy atom. The molecule has 2 rings (SSSR count). The molecule has 0 aliphatic carbocycles. The van der Waals surface area contributed by atoms with Crippen molar-refractivity contribution in [2.45, 2.75) is 0 Å². The standard InChI is InChI=1S/C13H9Cl2FN2O3/c1-21-12-11(13(19)20)9(5-10(15)18-12)17-6-2-3-8(16)7(14)4-6/h2-5H,1H3,(H,17,18)(H,19,20). The summed E-state index contributed by atoms with van der Waals surface area (Å²) in [4.78, 5) is 15.1. The summed E-state index contributed by atoms with van der Waals surface area (Å²) in [6.07, 6.45) is 0. The second-order valence-electron chi connectivity index (χ2n) is 3.94. The van der Waals surface area contributed by atoms with E-state index in [0.717, 1.165) is 6.07 Å². The second kappa shape index (κ2) is 6.15. The van der Waals surface area contributed by atoms with Crippen LogP contribution < -0.4 is 10.1 Å². The summed E-state index contributed by atoms with van der Waals surface area (Å²) in [6, 6.07) is 5.22. The molecule has 0 aliphatic rings. The average molecular weight is 331 g/mol. The molecule has 1 heterocycles. The van der Waals surface area contributed by atoms with Crippen molar-refractivity contribution in [2.75, 3.05) is 12.4 Å². The van der Waals surface area contributed by atoms with Gasteiger partial charge in [-0.3, -0.25) is 0 Å². The van der Waals surface area contributed by atoms with Gasteiger partial charge in [0.15, 0.2) is 0 Å². The molecule has 0 atom stereocenters. The van der Waals surface area contributed by atoms with Crippen molar-refractivity contribution in [1.82, 2.24) is 4.98 Å². The number of aromatic nitrogens is 1. The van der Waals surface area contributed by atoms with Crippen LogP contribution in [-0.4, -0.2) is 23.2 Å². The molecule has 1 aromatic carbocycles. The lowest BCUT2D eigenvalue weighted by Gasteiger charge is -2.13. The van der Waals surface area contributed by atoms with E-state index >= 15 is 0 Å². The third-order valence-electron chi connectivity index (χ3n) is 2.56. The highest BCUT2D eigenvalue weighted by molar-refractivity contribution is 6.31. The van der Waals surface area contributed by atoms with E-state index in [0.29, 0.717) is 5.69 Å². The molecule has 0 amide bonds. The highest BCUT2D eigenvalue weighted by atomic mass is 35.5. The van der Waals surface area contributed by atoms with Crippen LogP contribution in [0.25, 0.3) is 0 Å². The van der Waals surface area contributed by atoms with Gasteiger partial charge in [0.25, 0.3) is 0 Å². The van der Waals surface area contributed by atoms with Crippen molar-refractivity contribution < 1.29 is 19.0 Å². The van der Waals surface area contributed by atoms with Gasteiger partial charge in [0, 0.05) is 11.8 Å². The van der Waals surface area contributed by atoms with Crippen molar-refractivity contribution >= 4 is 40.5 Å². The minimum absolute atomic E-state index is 0.0487. The smallest absolute Gasteiger partial charge is 0.343 e. The molecule has 21 heavy (non-hydrogen) atoms. The number of rotatable bonds is 4. The van der Waals surface area contributed by atoms with Crippen LogP contribution in [0, 0.1) is 5.82 Å². The molecule has 0 fully saturated rings. The predicted octanol–water partition coefficient (Wildman–Crippen LogP) is 3.98. The Labute approximate surface area is 129 Å². The zero-order valence-corrected chi connectivity index (χ0v) is 12.2. The summed E-state index contributed by atoms with van der Waals surface area (Å²) < 4.78 is 18.0. The molecule has 0 spiro atoms. The van der Waals surface area contributed by atoms with Gasteiger partial charge in [-0.05, 0) is 18.2 Å². The van der Waals surface area contributed by atoms with Gasteiger partial charge in [0.1, 0.15) is 16.5 Å². The number of halogens is 3. The Bertz CT molecular complexity index is 710. The molecule has 8 heteroatoms. The first-order valence-electron chi connectivity index (χ1n) is 5.62. The van der Waals surface area contributed by atoms with E-state index in [1.807, 2.05) is 0 Å². The topological polar surface area (TPSA) is 71.5 Å². The van der Waals surface area contributed by atoms with Crippen LogP contribution in [-0.2, 0) is 0 Å². The fourth-order valence-corrected chi connectivity index (χ4v) is 2.04. The number of carboxylic acids is 1. The molecule has 2 N–H and O–H groups in total. The molecule has 0 aliphatic heterocycles. The maximum Gasteiger partial charge on any atom is 0.343 e. The molecule has 2 aromatic rings. The number of hydrogen-bond donors (Lipinski definition) is 2. The summed E-state index contributed by atoms with van der Waals surface area (Å²) in [7, 11) is 1.28. The highest BCUT2D eigenvalue weighted by Gasteiger charge is 2.20. The normalized spacial score (nSPS) is 10.3. The number of benzene rings is 1. The Hall–Kier alpha value is -2.05. The number of pyridine rings is 1. The van der Waals surface area contributed by atoms with Gasteiger partial charge in [0.2, 0.25) is 5.88 Å². The van der Waals surface area contributed by atoms with Gasteiger partial charge in [0.05, 0.1) is 17.8 Å². The minimum Gasteiger partial charge on any atom is -0.480 e. The molecule has 0 radical (unpaired) electrons. The first-order valence-corrected chi connectivity index (χ1v) is 6.38. The third kappa shape index (κ3) is 3.34. The Morgan fingerprint density at radius 3 is 2.67 bits per heavy atom. The number of nitrogens with one attached hydrogen (secondary N) is 1. The summed E-state index contributed by atoms with van der Waals surface area (Å²) in [5, 5.41) is 12.0. The summed E-state index contributed by atoms with van der Waals surface area (Å²) in [5.41, 5.74) is 0.359. The number of methoxy groups -OCH3 is 1. The first-order chi connectivity index (χ1) is 9.92. The van der Waals surface area contributed by atoms with Crippen LogP contribution in [0.2, 0.25) is 10.2 Å². The van der Waals surface area contributed by atoms with Gasteiger partial charge in [-0.15, -0.1) is 0 Å². The van der Waals surface area contributed by atoms with Crippen molar-refractivity contribution in [3.8, 4) is 5.88 Å². The predicted molar refractivity (Wildman–Crippen MR) is 77.5 cm³/mol. The van der Waals surface area contributed by atoms with Gasteiger partial charge in [-0.1, -0.05) is 23.2 Å². The van der Waals surface area contributed by atoms with E-state index < -0.39 is 11.8 Å². The lowest BCUT2D eigenvalue weighted by atomic mass is 10.2. The van der Waals surface area contributed by atoms with Crippen LogP contribution in [0.1, 0.15) is 10.4 Å². The zero-order valence-electron chi connectivity index (χ0n) is 10.7. The van der Waals surface area contributed by atoms with Gasteiger partial charge >= 0.3 is 5.97 Å². The maximum atomic E-state index is 13.1. The van der Waals surface area contributed by atoms with Crippen molar-refractivity contribution in [1.29, 1.82) is 0 Å². The molecule has 0 bridgehead atoms. The van der Waals surface area contributed by atoms with Gasteiger partial charge in [-0.25, -0.2) is 14.2 Å². The van der Waals surface area contributed by atoms with E-state index in [9.17, 15) is 14.3 Å². The summed E-state index contributed by atoms with van der Waals surface area (Å²) in [6.45, 7) is 0. The van der Waals surface area contributed by atoms with Gasteiger partial charge < -0.3 is 15.2 Å². The molecule has 0 saturated heterocycles. The Balaban J connectivity index is 2.49. The van der Waals surface area contributed by atoms with Gasteiger partial charge in [-0.2, -0.15) is 0 Å². The number of carbonyl (C=O) groups is 1. The van der Waals surface area contributed by atoms with E-state index in [4.69, 9.17) is 27.9 Å². The monoisotopic (exact) mass is 330 g/mol. The molecule has 1 aromatic heterocycles. The Kier molecular flexibility index (Phi) is 4.50. The fraction of sp³-hybridized carbons (Fsp3) is 0.0769. The summed E-state index contributed by atoms with van der Waals surface area (Å²) >= 11 is 11.5. The van der Waals surface area contributed by atoms with E-state index in [-0.39, 0.29) is 27.3 Å².